The molecule has 0 fully saturated rings. The number of ketones is 1. The van der Waals surface area contributed by atoms with Crippen LogP contribution in [0.25, 0.3) is 0 Å². The zero-order valence-corrected chi connectivity index (χ0v) is 16.1. The lowest BCUT2D eigenvalue weighted by molar-refractivity contribution is 0.103. The largest absolute Gasteiger partial charge is 0.289 e. The van der Waals surface area contributed by atoms with Gasteiger partial charge in [0.05, 0.1) is 10.6 Å². The van der Waals surface area contributed by atoms with Gasteiger partial charge in [-0.2, -0.15) is 8.42 Å². The summed E-state index contributed by atoms with van der Waals surface area (Å²) < 4.78 is 32.0. The summed E-state index contributed by atoms with van der Waals surface area (Å²) in [7, 11) is -4.25. The number of rotatable bonds is 7. The first-order chi connectivity index (χ1) is 11.2. The molecule has 1 N–H and O–H groups in total. The molecule has 2 rings (SSSR count). The highest BCUT2D eigenvalue weighted by atomic mass is 79.9. The van der Waals surface area contributed by atoms with E-state index in [9.17, 15) is 17.8 Å². The molecule has 7 heteroatoms. The van der Waals surface area contributed by atoms with Crippen LogP contribution in [0.5, 0.6) is 0 Å². The first-order valence-electron chi connectivity index (χ1n) is 7.45. The molecule has 0 heterocycles. The second-order valence-corrected chi connectivity index (χ2v) is 8.77. The van der Waals surface area contributed by atoms with Gasteiger partial charge < -0.3 is 0 Å². The molecule has 1 aliphatic rings. The van der Waals surface area contributed by atoms with Crippen molar-refractivity contribution in [2.24, 2.45) is 0 Å². The Labute approximate surface area is 155 Å². The lowest BCUT2D eigenvalue weighted by Gasteiger charge is -2.29. The summed E-state index contributed by atoms with van der Waals surface area (Å²) in [5.74, 6) is -0.863. The van der Waals surface area contributed by atoms with Crippen molar-refractivity contribution in [3.05, 3.63) is 59.2 Å². The molecule has 0 aromatic heterocycles. The molecule has 0 bridgehead atoms. The summed E-state index contributed by atoms with van der Waals surface area (Å²) >= 11 is 9.91. The average Bonchev–Trinajstić information content (AvgIpc) is 2.52. The zero-order chi connectivity index (χ0) is 17.8. The third kappa shape index (κ3) is 5.28. The van der Waals surface area contributed by atoms with Crippen LogP contribution in [0.1, 0.15) is 29.6 Å². The Balaban J connectivity index is 2.39. The molecule has 0 spiro atoms. The third-order valence-corrected chi connectivity index (χ3v) is 5.52. The van der Waals surface area contributed by atoms with E-state index in [-0.39, 0.29) is 17.8 Å². The van der Waals surface area contributed by atoms with Crippen LogP contribution in [0.4, 0.5) is 0 Å². The third-order valence-electron chi connectivity index (χ3n) is 3.80. The van der Waals surface area contributed by atoms with Crippen LogP contribution < -0.4 is 0 Å². The van der Waals surface area contributed by atoms with Gasteiger partial charge in [0.1, 0.15) is 0 Å². The number of carbonyl (C=O) groups is 1. The quantitative estimate of drug-likeness (QED) is 0.398. The summed E-state index contributed by atoms with van der Waals surface area (Å²) in [6, 6.07) is 8.61. The van der Waals surface area contributed by atoms with Gasteiger partial charge in [-0.15, -0.1) is 11.6 Å². The Morgan fingerprint density at radius 2 is 1.96 bits per heavy atom. The second-order valence-electron chi connectivity index (χ2n) is 5.78. The molecule has 1 unspecified atom stereocenters. The summed E-state index contributed by atoms with van der Waals surface area (Å²) in [6.45, 7) is 0. The van der Waals surface area contributed by atoms with Gasteiger partial charge in [-0.25, -0.2) is 0 Å². The van der Waals surface area contributed by atoms with E-state index in [0.29, 0.717) is 17.6 Å². The summed E-state index contributed by atoms with van der Waals surface area (Å²) in [5.41, 5.74) is 1.10. The van der Waals surface area contributed by atoms with E-state index in [1.807, 2.05) is 0 Å². The van der Waals surface area contributed by atoms with E-state index in [4.69, 9.17) is 11.6 Å². The number of alkyl halides is 2. The van der Waals surface area contributed by atoms with Gasteiger partial charge in [0.15, 0.2) is 5.78 Å². The number of Topliss-reactive ketones (excluding diaryl/α,β-unsaturated/α-hetero) is 1. The van der Waals surface area contributed by atoms with E-state index in [1.165, 1.54) is 0 Å². The molecule has 1 atom stereocenters. The molecule has 0 aliphatic heterocycles. The first kappa shape index (κ1) is 19.4. The minimum absolute atomic E-state index is 0.214. The van der Waals surface area contributed by atoms with Gasteiger partial charge in [-0.1, -0.05) is 58.4 Å². The molecule has 0 saturated heterocycles. The summed E-state index contributed by atoms with van der Waals surface area (Å²) in [4.78, 5) is 11.9. The van der Waals surface area contributed by atoms with E-state index in [1.54, 1.807) is 42.5 Å². The van der Waals surface area contributed by atoms with Crippen LogP contribution in [0, 0.1) is 0 Å². The maximum absolute atomic E-state index is 12.7. The van der Waals surface area contributed by atoms with Crippen molar-refractivity contribution in [2.75, 3.05) is 11.1 Å². The lowest BCUT2D eigenvalue weighted by atomic mass is 9.84. The van der Waals surface area contributed by atoms with Crippen molar-refractivity contribution >= 4 is 43.4 Å². The van der Waals surface area contributed by atoms with Gasteiger partial charge in [-0.05, 0) is 24.8 Å². The monoisotopic (exact) mass is 432 g/mol. The highest BCUT2D eigenvalue weighted by molar-refractivity contribution is 9.09. The van der Waals surface area contributed by atoms with Crippen molar-refractivity contribution in [1.82, 2.24) is 0 Å². The number of benzene rings is 1. The molecule has 0 radical (unpaired) electrons. The Hall–Kier alpha value is -0.950. The predicted octanol–water partition coefficient (Wildman–Crippen LogP) is 4.17. The summed E-state index contributed by atoms with van der Waals surface area (Å²) in [5, 5.41) is 0.780. The van der Waals surface area contributed by atoms with Crippen LogP contribution in [-0.2, 0) is 10.1 Å². The fraction of sp³-hybridized carbons (Fsp3) is 0.353. The smallest absolute Gasteiger partial charge is 0.268 e. The Bertz CT molecular complexity index is 771. The Morgan fingerprint density at radius 3 is 2.54 bits per heavy atom. The van der Waals surface area contributed by atoms with Gasteiger partial charge in [0, 0.05) is 16.5 Å². The van der Waals surface area contributed by atoms with E-state index < -0.39 is 20.7 Å². The van der Waals surface area contributed by atoms with Crippen molar-refractivity contribution in [3.8, 4) is 0 Å². The predicted molar refractivity (Wildman–Crippen MR) is 99.6 cm³/mol. The molecule has 1 aromatic rings. The normalized spacial score (nSPS) is 21.1. The second kappa shape index (κ2) is 7.95. The average molecular weight is 434 g/mol. The molecule has 130 valence electrons. The summed E-state index contributed by atoms with van der Waals surface area (Å²) in [6.07, 6.45) is 5.00. The number of hydrogen-bond donors (Lipinski definition) is 1. The number of hydrogen-bond acceptors (Lipinski definition) is 3. The minimum Gasteiger partial charge on any atom is -0.289 e. The van der Waals surface area contributed by atoms with Crippen LogP contribution in [0.15, 0.2) is 53.6 Å². The maximum atomic E-state index is 12.7. The van der Waals surface area contributed by atoms with Gasteiger partial charge in [-0.3, -0.25) is 9.35 Å². The van der Waals surface area contributed by atoms with E-state index in [0.717, 1.165) is 11.8 Å². The Morgan fingerprint density at radius 1 is 1.29 bits per heavy atom. The molecule has 4 nitrogen and oxygen atoms in total. The molecular weight excluding hydrogens is 416 g/mol. The lowest BCUT2D eigenvalue weighted by Crippen LogP contribution is -2.27. The fourth-order valence-corrected chi connectivity index (χ4v) is 4.06. The van der Waals surface area contributed by atoms with E-state index in [2.05, 4.69) is 15.9 Å². The molecule has 0 saturated carbocycles. The van der Waals surface area contributed by atoms with Crippen molar-refractivity contribution < 1.29 is 17.8 Å². The Kier molecular flexibility index (Phi) is 6.42. The number of halogens is 2. The van der Waals surface area contributed by atoms with E-state index >= 15 is 0 Å². The van der Waals surface area contributed by atoms with Gasteiger partial charge in [0.2, 0.25) is 0 Å². The van der Waals surface area contributed by atoms with Crippen molar-refractivity contribution in [1.29, 1.82) is 0 Å². The molecule has 1 aromatic carbocycles. The molecule has 0 amide bonds. The topological polar surface area (TPSA) is 71.4 Å². The number of carbonyl (C=O) groups excluding carboxylic acids is 1. The fourth-order valence-electron chi connectivity index (χ4n) is 2.72. The van der Waals surface area contributed by atoms with Gasteiger partial charge in [0.25, 0.3) is 10.1 Å². The highest BCUT2D eigenvalue weighted by Crippen LogP contribution is 2.37. The molecular formula is C17H18BrClO4S. The first-order valence-corrected chi connectivity index (χ1v) is 10.6. The van der Waals surface area contributed by atoms with Crippen LogP contribution >= 0.6 is 27.5 Å². The number of allylic oxidation sites excluding steroid dienone is 3. The SMILES string of the molecule is O=C(C1=C(CS(=O)(=O)O)CC(Cl)(CCCBr)C=C1)c1ccccc1. The standard InChI is InChI=1S/C17H18BrClO4S/c18-10-4-8-17(19)9-7-15(14(11-17)12-24(21,22)23)16(20)13-5-2-1-3-6-13/h1-3,5-7,9H,4,8,10-12H2,(H,21,22,23). The van der Waals surface area contributed by atoms with Crippen LogP contribution in [-0.4, -0.2) is 34.7 Å². The van der Waals surface area contributed by atoms with Gasteiger partial charge >= 0.3 is 0 Å². The zero-order valence-electron chi connectivity index (χ0n) is 12.9. The van der Waals surface area contributed by atoms with Crippen LogP contribution in [0.3, 0.4) is 0 Å². The molecule has 24 heavy (non-hydrogen) atoms. The molecule has 1 aliphatic carbocycles. The minimum atomic E-state index is -4.25. The highest BCUT2D eigenvalue weighted by Gasteiger charge is 2.32. The van der Waals surface area contributed by atoms with Crippen molar-refractivity contribution in [2.45, 2.75) is 24.1 Å². The van der Waals surface area contributed by atoms with Crippen LogP contribution in [0.2, 0.25) is 0 Å². The van der Waals surface area contributed by atoms with Crippen molar-refractivity contribution in [3.63, 3.8) is 0 Å². The maximum Gasteiger partial charge on any atom is 0.268 e.